The molecule has 1 aliphatic carbocycles. The van der Waals surface area contributed by atoms with Crippen molar-refractivity contribution in [3.8, 4) is 22.5 Å². The van der Waals surface area contributed by atoms with E-state index >= 15 is 0 Å². The van der Waals surface area contributed by atoms with E-state index in [0.29, 0.717) is 22.2 Å². The zero-order valence-electron chi connectivity index (χ0n) is 20.8. The Bertz CT molecular complexity index is 1670. The summed E-state index contributed by atoms with van der Waals surface area (Å²) in [5.74, 6) is -1.15. The van der Waals surface area contributed by atoms with Crippen LogP contribution in [-0.2, 0) is 4.79 Å². The summed E-state index contributed by atoms with van der Waals surface area (Å²) in [6.07, 6.45) is 7.46. The Kier molecular flexibility index (Phi) is 6.20. The number of imidazole rings is 1. The first kappa shape index (κ1) is 24.6. The maximum Gasteiger partial charge on any atom is 0.310 e. The monoisotopic (exact) mass is 545 g/mol. The first-order valence-corrected chi connectivity index (χ1v) is 13.3. The first-order valence-electron chi connectivity index (χ1n) is 12.5. The van der Waals surface area contributed by atoms with Crippen LogP contribution < -0.4 is 0 Å². The van der Waals surface area contributed by atoms with Gasteiger partial charge in [-0.15, -0.1) is 0 Å². The van der Waals surface area contributed by atoms with Crippen molar-refractivity contribution >= 4 is 40.2 Å². The number of carboxylic acids is 1. The number of fused-ring (bicyclic) bond motifs is 1. The number of aromatic amines is 1. The Labute approximate surface area is 229 Å². The fourth-order valence-corrected chi connectivity index (χ4v) is 5.92. The Morgan fingerprint density at radius 2 is 1.92 bits per heavy atom. The summed E-state index contributed by atoms with van der Waals surface area (Å²) in [7, 11) is 0. The van der Waals surface area contributed by atoms with E-state index in [-0.39, 0.29) is 6.04 Å². The second-order valence-corrected chi connectivity index (χ2v) is 10.6. The van der Waals surface area contributed by atoms with Gasteiger partial charge in [0.05, 0.1) is 46.4 Å². The van der Waals surface area contributed by atoms with Crippen LogP contribution in [0.5, 0.6) is 0 Å². The Balaban J connectivity index is 1.46. The zero-order chi connectivity index (χ0) is 26.6. The van der Waals surface area contributed by atoms with E-state index in [1.165, 1.54) is 0 Å². The van der Waals surface area contributed by atoms with Crippen LogP contribution >= 0.6 is 23.2 Å². The van der Waals surface area contributed by atoms with Gasteiger partial charge in [0.1, 0.15) is 5.52 Å². The van der Waals surface area contributed by atoms with Crippen molar-refractivity contribution in [3.63, 3.8) is 0 Å². The highest BCUT2D eigenvalue weighted by Gasteiger charge is 2.29. The predicted octanol–water partition coefficient (Wildman–Crippen LogP) is 7.47. The molecule has 3 aromatic heterocycles. The Morgan fingerprint density at radius 1 is 1.11 bits per heavy atom. The number of nitrogens with zero attached hydrogens (tertiary/aromatic N) is 4. The summed E-state index contributed by atoms with van der Waals surface area (Å²) in [4.78, 5) is 21.2. The van der Waals surface area contributed by atoms with Crippen molar-refractivity contribution in [2.24, 2.45) is 0 Å². The van der Waals surface area contributed by atoms with Gasteiger partial charge in [0.2, 0.25) is 0 Å². The fourth-order valence-electron chi connectivity index (χ4n) is 5.08. The number of pyridine rings is 1. The Morgan fingerprint density at radius 3 is 2.63 bits per heavy atom. The predicted molar refractivity (Wildman–Crippen MR) is 149 cm³/mol. The van der Waals surface area contributed by atoms with Crippen molar-refractivity contribution in [3.05, 3.63) is 87.9 Å². The maximum atomic E-state index is 12.0. The quantitative estimate of drug-likeness (QED) is 0.221. The van der Waals surface area contributed by atoms with Gasteiger partial charge in [-0.2, -0.15) is 5.10 Å². The van der Waals surface area contributed by atoms with Gasteiger partial charge in [-0.25, -0.2) is 4.98 Å². The van der Waals surface area contributed by atoms with Gasteiger partial charge < -0.3 is 9.67 Å². The molecule has 0 spiro atoms. The second-order valence-electron chi connectivity index (χ2n) is 9.86. The van der Waals surface area contributed by atoms with E-state index in [4.69, 9.17) is 23.2 Å². The largest absolute Gasteiger partial charge is 0.481 e. The van der Waals surface area contributed by atoms with E-state index < -0.39 is 11.9 Å². The lowest BCUT2D eigenvalue weighted by Crippen LogP contribution is -2.10. The van der Waals surface area contributed by atoms with Gasteiger partial charge in [0.15, 0.2) is 0 Å². The molecule has 1 fully saturated rings. The van der Waals surface area contributed by atoms with E-state index in [1.807, 2.05) is 47.0 Å². The van der Waals surface area contributed by atoms with Crippen molar-refractivity contribution in [1.29, 1.82) is 0 Å². The molecule has 1 saturated carbocycles. The second kappa shape index (κ2) is 9.57. The normalized spacial score (nSPS) is 15.1. The van der Waals surface area contributed by atoms with Crippen LogP contribution in [0.25, 0.3) is 33.5 Å². The summed E-state index contributed by atoms with van der Waals surface area (Å²) in [5, 5.41) is 18.1. The summed E-state index contributed by atoms with van der Waals surface area (Å²) in [6.45, 7) is 3.74. The van der Waals surface area contributed by atoms with Gasteiger partial charge in [0, 0.05) is 22.3 Å². The molecule has 5 aromatic rings. The molecule has 9 heteroatoms. The van der Waals surface area contributed by atoms with Gasteiger partial charge in [-0.1, -0.05) is 41.4 Å². The molecular formula is C29H25Cl2N5O2. The molecule has 192 valence electrons. The van der Waals surface area contributed by atoms with Crippen LogP contribution in [0.15, 0.2) is 61.2 Å². The number of carbonyl (C=O) groups is 1. The summed E-state index contributed by atoms with van der Waals surface area (Å²) in [5.41, 5.74) is 7.35. The van der Waals surface area contributed by atoms with Crippen LogP contribution in [0.3, 0.4) is 0 Å². The summed E-state index contributed by atoms with van der Waals surface area (Å²) in [6, 6.07) is 13.3. The molecule has 2 N–H and O–H groups in total. The molecule has 2 atom stereocenters. The van der Waals surface area contributed by atoms with Crippen LogP contribution in [0, 0.1) is 0 Å². The number of rotatable bonds is 7. The lowest BCUT2D eigenvalue weighted by atomic mass is 9.91. The average Bonchev–Trinajstić information content (AvgIpc) is 3.43. The molecule has 0 bridgehead atoms. The third-order valence-corrected chi connectivity index (χ3v) is 8.20. The standard InChI is InChI=1S/C29H25Cl2N5O2/c1-15(29(37)38)21-11-18(23-9-10-34-35-23)5-6-20(21)24-12-26-25(13-32-24)33-14-36(26)16(2)27-22(30)8-7-19(28(27)31)17-3-4-17/h5-17H,3-4H2,1-2H3,(H,34,35)(H,37,38)/t15?,16-/m1/s1. The summed E-state index contributed by atoms with van der Waals surface area (Å²) < 4.78 is 2.05. The number of carboxylic acid groups (broad SMARTS) is 1. The molecule has 1 aliphatic rings. The molecular weight excluding hydrogens is 521 g/mol. The smallest absolute Gasteiger partial charge is 0.310 e. The molecule has 38 heavy (non-hydrogen) atoms. The molecule has 2 aromatic carbocycles. The SMILES string of the molecule is CC(C(=O)O)c1cc(-c2ccn[nH]2)ccc1-c1cc2c(cn1)ncn2[C@H](C)c1c(Cl)ccc(C2CC2)c1Cl. The van der Waals surface area contributed by atoms with Crippen molar-refractivity contribution in [2.75, 3.05) is 0 Å². The lowest BCUT2D eigenvalue weighted by molar-refractivity contribution is -0.138. The molecule has 0 saturated heterocycles. The molecule has 0 radical (unpaired) electrons. The number of nitrogens with one attached hydrogen (secondary N) is 1. The first-order chi connectivity index (χ1) is 18.3. The third kappa shape index (κ3) is 4.25. The molecule has 3 heterocycles. The van der Waals surface area contributed by atoms with Crippen LogP contribution in [0.2, 0.25) is 10.0 Å². The highest BCUT2D eigenvalue weighted by molar-refractivity contribution is 6.36. The number of aromatic nitrogens is 5. The highest BCUT2D eigenvalue weighted by Crippen LogP contribution is 2.47. The number of hydrogen-bond acceptors (Lipinski definition) is 4. The topological polar surface area (TPSA) is 96.7 Å². The number of halogens is 2. The van der Waals surface area contributed by atoms with Gasteiger partial charge in [-0.05, 0) is 73.6 Å². The van der Waals surface area contributed by atoms with E-state index in [2.05, 4.69) is 27.1 Å². The van der Waals surface area contributed by atoms with E-state index in [1.54, 1.807) is 25.6 Å². The zero-order valence-corrected chi connectivity index (χ0v) is 22.3. The highest BCUT2D eigenvalue weighted by atomic mass is 35.5. The Hall–Kier alpha value is -3.68. The fraction of sp³-hybridized carbons (Fsp3) is 0.241. The van der Waals surface area contributed by atoms with Gasteiger partial charge in [-0.3, -0.25) is 14.9 Å². The van der Waals surface area contributed by atoms with Crippen LogP contribution in [0.4, 0.5) is 0 Å². The summed E-state index contributed by atoms with van der Waals surface area (Å²) >= 11 is 13.6. The molecule has 6 rings (SSSR count). The van der Waals surface area contributed by atoms with Gasteiger partial charge >= 0.3 is 5.97 Å². The molecule has 1 unspecified atom stereocenters. The van der Waals surface area contributed by atoms with E-state index in [9.17, 15) is 9.90 Å². The van der Waals surface area contributed by atoms with Crippen LogP contribution in [0.1, 0.15) is 61.3 Å². The minimum atomic E-state index is -0.910. The van der Waals surface area contributed by atoms with Crippen molar-refractivity contribution < 1.29 is 9.90 Å². The number of hydrogen-bond donors (Lipinski definition) is 2. The van der Waals surface area contributed by atoms with Crippen LogP contribution in [-0.4, -0.2) is 35.8 Å². The number of H-pyrrole nitrogens is 1. The minimum Gasteiger partial charge on any atom is -0.481 e. The van der Waals surface area contributed by atoms with Crippen molar-refractivity contribution in [1.82, 2.24) is 24.7 Å². The third-order valence-electron chi connectivity index (χ3n) is 7.45. The number of aliphatic carboxylic acids is 1. The maximum absolute atomic E-state index is 12.0. The van der Waals surface area contributed by atoms with Crippen molar-refractivity contribution in [2.45, 2.75) is 44.6 Å². The van der Waals surface area contributed by atoms with Gasteiger partial charge in [0.25, 0.3) is 0 Å². The van der Waals surface area contributed by atoms with E-state index in [0.717, 1.165) is 56.8 Å². The average molecular weight is 546 g/mol. The number of benzene rings is 2. The minimum absolute atomic E-state index is 0.172. The molecule has 0 amide bonds. The molecule has 7 nitrogen and oxygen atoms in total. The molecule has 0 aliphatic heterocycles. The lowest BCUT2D eigenvalue weighted by Gasteiger charge is -2.20.